The Labute approximate surface area is 105 Å². The summed E-state index contributed by atoms with van der Waals surface area (Å²) in [5.74, 6) is 0.789. The Bertz CT molecular complexity index is 341. The molecule has 2 rings (SSSR count). The molecule has 1 aliphatic carbocycles. The van der Waals surface area contributed by atoms with Gasteiger partial charge in [0.05, 0.1) is 12.0 Å². The van der Waals surface area contributed by atoms with Crippen LogP contribution in [0.3, 0.4) is 0 Å². The zero-order valence-electron chi connectivity index (χ0n) is 11.3. The van der Waals surface area contributed by atoms with Crippen molar-refractivity contribution < 1.29 is 0 Å². The maximum Gasteiger partial charge on any atom is 0.0951 e. The van der Waals surface area contributed by atoms with Crippen LogP contribution >= 0.6 is 0 Å². The molecule has 0 spiro atoms. The first kappa shape index (κ1) is 12.6. The second kappa shape index (κ2) is 5.67. The third-order valence-corrected chi connectivity index (χ3v) is 3.81. The fraction of sp³-hybridized carbons (Fsp3) is 0.786. The minimum Gasteiger partial charge on any atom is -0.331 e. The topological polar surface area (TPSA) is 29.9 Å². The summed E-state index contributed by atoms with van der Waals surface area (Å²) in [6.07, 6.45) is 9.17. The monoisotopic (exact) mass is 235 g/mol. The van der Waals surface area contributed by atoms with Crippen molar-refractivity contribution in [2.75, 3.05) is 0 Å². The number of nitrogens with one attached hydrogen (secondary N) is 1. The van der Waals surface area contributed by atoms with Crippen molar-refractivity contribution in [2.24, 2.45) is 5.92 Å². The molecule has 1 saturated carbocycles. The van der Waals surface area contributed by atoms with Crippen LogP contribution in [0.2, 0.25) is 0 Å². The summed E-state index contributed by atoms with van der Waals surface area (Å²) in [6.45, 7) is 7.86. The molecule has 3 nitrogen and oxygen atoms in total. The third kappa shape index (κ3) is 3.56. The van der Waals surface area contributed by atoms with E-state index in [0.29, 0.717) is 6.04 Å². The molecule has 17 heavy (non-hydrogen) atoms. The lowest BCUT2D eigenvalue weighted by atomic mass is 10.0. The van der Waals surface area contributed by atoms with Gasteiger partial charge < -0.3 is 9.88 Å². The molecular formula is C14H25N3. The number of hydrogen-bond acceptors (Lipinski definition) is 2. The summed E-state index contributed by atoms with van der Waals surface area (Å²) < 4.78 is 2.33. The zero-order chi connectivity index (χ0) is 12.3. The lowest BCUT2D eigenvalue weighted by molar-refractivity contribution is 0.389. The van der Waals surface area contributed by atoms with Crippen LogP contribution in [0.4, 0.5) is 0 Å². The van der Waals surface area contributed by atoms with Gasteiger partial charge in [0.1, 0.15) is 0 Å². The summed E-state index contributed by atoms with van der Waals surface area (Å²) in [4.78, 5) is 4.30. The van der Waals surface area contributed by atoms with Crippen molar-refractivity contribution in [1.29, 1.82) is 0 Å². The molecule has 1 heterocycles. The van der Waals surface area contributed by atoms with Crippen molar-refractivity contribution in [2.45, 2.75) is 65.1 Å². The Kier molecular flexibility index (Phi) is 4.21. The summed E-state index contributed by atoms with van der Waals surface area (Å²) in [5, 5.41) is 3.56. The van der Waals surface area contributed by atoms with Crippen molar-refractivity contribution in [3.8, 4) is 0 Å². The highest BCUT2D eigenvalue weighted by Gasteiger charge is 2.21. The lowest BCUT2D eigenvalue weighted by Gasteiger charge is -2.20. The van der Waals surface area contributed by atoms with Crippen molar-refractivity contribution in [1.82, 2.24) is 14.9 Å². The molecule has 96 valence electrons. The lowest BCUT2D eigenvalue weighted by Crippen LogP contribution is -2.19. The van der Waals surface area contributed by atoms with Gasteiger partial charge in [0.25, 0.3) is 0 Å². The van der Waals surface area contributed by atoms with Crippen LogP contribution in [0.1, 0.15) is 58.2 Å². The van der Waals surface area contributed by atoms with E-state index >= 15 is 0 Å². The highest BCUT2D eigenvalue weighted by atomic mass is 15.1. The number of rotatable bonds is 7. The maximum atomic E-state index is 4.30. The molecular weight excluding hydrogens is 210 g/mol. The minimum absolute atomic E-state index is 0.559. The molecule has 0 radical (unpaired) electrons. The van der Waals surface area contributed by atoms with E-state index in [1.165, 1.54) is 31.4 Å². The van der Waals surface area contributed by atoms with Crippen molar-refractivity contribution >= 4 is 0 Å². The first-order valence-corrected chi connectivity index (χ1v) is 6.94. The van der Waals surface area contributed by atoms with E-state index < -0.39 is 0 Å². The van der Waals surface area contributed by atoms with Crippen LogP contribution < -0.4 is 5.32 Å². The first-order chi connectivity index (χ1) is 8.20. The van der Waals surface area contributed by atoms with Crippen LogP contribution in [0.15, 0.2) is 12.5 Å². The molecule has 1 aliphatic rings. The van der Waals surface area contributed by atoms with Gasteiger partial charge in [-0.05, 0) is 32.1 Å². The SMILES string of the molecule is CCC(C)CC(C)n1cncc1CNC1CC1. The average Bonchev–Trinajstić information content (AvgIpc) is 3.03. The molecule has 0 aliphatic heterocycles. The van der Waals surface area contributed by atoms with Gasteiger partial charge >= 0.3 is 0 Å². The quantitative estimate of drug-likeness (QED) is 0.787. The van der Waals surface area contributed by atoms with Crippen LogP contribution in [-0.4, -0.2) is 15.6 Å². The molecule has 2 atom stereocenters. The van der Waals surface area contributed by atoms with Crippen molar-refractivity contribution in [3.05, 3.63) is 18.2 Å². The van der Waals surface area contributed by atoms with Crippen molar-refractivity contribution in [3.63, 3.8) is 0 Å². The number of nitrogens with zero attached hydrogens (tertiary/aromatic N) is 2. The van der Waals surface area contributed by atoms with Crippen LogP contribution in [0.25, 0.3) is 0 Å². The Balaban J connectivity index is 1.91. The Morgan fingerprint density at radius 3 is 2.88 bits per heavy atom. The molecule has 0 saturated heterocycles. The molecule has 1 fully saturated rings. The fourth-order valence-electron chi connectivity index (χ4n) is 2.26. The number of hydrogen-bond donors (Lipinski definition) is 1. The Hall–Kier alpha value is -0.830. The van der Waals surface area contributed by atoms with E-state index in [4.69, 9.17) is 0 Å². The predicted molar refractivity (Wildman–Crippen MR) is 70.9 cm³/mol. The van der Waals surface area contributed by atoms with Gasteiger partial charge in [-0.15, -0.1) is 0 Å². The van der Waals surface area contributed by atoms with Crippen LogP contribution in [0, 0.1) is 5.92 Å². The van der Waals surface area contributed by atoms with E-state index in [9.17, 15) is 0 Å². The van der Waals surface area contributed by atoms with E-state index in [0.717, 1.165) is 18.5 Å². The van der Waals surface area contributed by atoms with E-state index in [-0.39, 0.29) is 0 Å². The van der Waals surface area contributed by atoms with Gasteiger partial charge in [-0.3, -0.25) is 0 Å². The van der Waals surface area contributed by atoms with Gasteiger partial charge in [0.15, 0.2) is 0 Å². The molecule has 0 aromatic carbocycles. The normalized spacial score (nSPS) is 19.2. The van der Waals surface area contributed by atoms with Gasteiger partial charge in [0.2, 0.25) is 0 Å². The summed E-state index contributed by atoms with van der Waals surface area (Å²) in [5.41, 5.74) is 1.33. The molecule has 1 aromatic heterocycles. The predicted octanol–water partition coefficient (Wildman–Crippen LogP) is 3.13. The van der Waals surface area contributed by atoms with Gasteiger partial charge in [-0.2, -0.15) is 0 Å². The second-order valence-corrected chi connectivity index (χ2v) is 5.55. The summed E-state index contributed by atoms with van der Waals surface area (Å²) in [6, 6.07) is 1.33. The smallest absolute Gasteiger partial charge is 0.0951 e. The molecule has 0 bridgehead atoms. The molecule has 0 amide bonds. The Morgan fingerprint density at radius 2 is 2.24 bits per heavy atom. The zero-order valence-corrected chi connectivity index (χ0v) is 11.3. The second-order valence-electron chi connectivity index (χ2n) is 5.55. The number of imidazole rings is 1. The van der Waals surface area contributed by atoms with Gasteiger partial charge in [0, 0.05) is 24.8 Å². The molecule has 1 aromatic rings. The van der Waals surface area contributed by atoms with E-state index in [1.54, 1.807) is 0 Å². The largest absolute Gasteiger partial charge is 0.331 e. The average molecular weight is 235 g/mol. The first-order valence-electron chi connectivity index (χ1n) is 6.94. The highest BCUT2D eigenvalue weighted by Crippen LogP contribution is 2.22. The van der Waals surface area contributed by atoms with E-state index in [2.05, 4.69) is 35.6 Å². The highest BCUT2D eigenvalue weighted by molar-refractivity contribution is 5.01. The maximum absolute atomic E-state index is 4.30. The minimum atomic E-state index is 0.559. The van der Waals surface area contributed by atoms with Gasteiger partial charge in [-0.25, -0.2) is 4.98 Å². The van der Waals surface area contributed by atoms with Crippen LogP contribution in [0.5, 0.6) is 0 Å². The Morgan fingerprint density at radius 1 is 1.47 bits per heavy atom. The third-order valence-electron chi connectivity index (χ3n) is 3.81. The number of aromatic nitrogens is 2. The summed E-state index contributed by atoms with van der Waals surface area (Å²) >= 11 is 0. The molecule has 2 unspecified atom stereocenters. The summed E-state index contributed by atoms with van der Waals surface area (Å²) in [7, 11) is 0. The van der Waals surface area contributed by atoms with Gasteiger partial charge in [-0.1, -0.05) is 20.3 Å². The fourth-order valence-corrected chi connectivity index (χ4v) is 2.26. The molecule has 1 N–H and O–H groups in total. The molecule has 3 heteroatoms. The van der Waals surface area contributed by atoms with E-state index in [1.807, 2.05) is 12.5 Å². The standard InChI is InChI=1S/C14H25N3/c1-4-11(2)7-12(3)17-10-15-8-14(17)9-16-13-5-6-13/h8,10-13,16H,4-7,9H2,1-3H3. The van der Waals surface area contributed by atoms with Crippen LogP contribution in [-0.2, 0) is 6.54 Å².